The average Bonchev–Trinajstić information content (AvgIpc) is 1.30. The number of aliphatic hydroxyl groups is 1. The molecule has 0 atom stereocenters. The summed E-state index contributed by atoms with van der Waals surface area (Å²) in [5, 5.41) is 7.82. The third kappa shape index (κ3) is 17.7. The molecule has 0 saturated carbocycles. The van der Waals surface area contributed by atoms with E-state index in [1.165, 1.54) is 0 Å². The van der Waals surface area contributed by atoms with Gasteiger partial charge in [0.1, 0.15) is 0 Å². The van der Waals surface area contributed by atoms with Gasteiger partial charge in [0.25, 0.3) is 0 Å². The van der Waals surface area contributed by atoms with Crippen molar-refractivity contribution >= 4 is 39.7 Å². The molecule has 0 heterocycles. The second kappa shape index (κ2) is 7.97. The molecule has 1 N–H and O–H groups in total. The summed E-state index contributed by atoms with van der Waals surface area (Å²) >= 11 is 0. The van der Waals surface area contributed by atoms with E-state index in [1.54, 1.807) is 0 Å². The summed E-state index contributed by atoms with van der Waals surface area (Å²) in [6, 6.07) is 0. The summed E-state index contributed by atoms with van der Waals surface area (Å²) in [7, 11) is -4.17. The van der Waals surface area contributed by atoms with Crippen molar-refractivity contribution in [3.8, 4) is 0 Å². The van der Waals surface area contributed by atoms with Crippen molar-refractivity contribution in [3.05, 3.63) is 0 Å². The quantitative estimate of drug-likeness (QED) is 0.334. The maximum atomic E-state index is 9.52. The van der Waals surface area contributed by atoms with Gasteiger partial charge in [0.2, 0.25) is 0 Å². The van der Waals surface area contributed by atoms with Crippen LogP contribution in [0.2, 0.25) is 0 Å². The van der Waals surface area contributed by atoms with Gasteiger partial charge < -0.3 is 9.66 Å². The molecule has 0 aliphatic rings. The molecule has 9 heavy (non-hydrogen) atoms. The minimum atomic E-state index is -4.17. The van der Waals surface area contributed by atoms with E-state index in [0.29, 0.717) is 0 Å². The predicted molar refractivity (Wildman–Crippen MR) is 28.8 cm³/mol. The van der Waals surface area contributed by atoms with Crippen molar-refractivity contribution in [1.82, 2.24) is 0 Å². The van der Waals surface area contributed by atoms with Crippen molar-refractivity contribution in [2.75, 3.05) is 12.4 Å². The molecule has 0 unspecified atom stereocenters. The summed E-state index contributed by atoms with van der Waals surface area (Å²) in [6.45, 7) is -0.591. The SMILES string of the molecule is O=S(=O)([O-])CCO.[Na+].[NaH]. The van der Waals surface area contributed by atoms with E-state index >= 15 is 0 Å². The van der Waals surface area contributed by atoms with E-state index in [9.17, 15) is 13.0 Å². The van der Waals surface area contributed by atoms with Crippen molar-refractivity contribution in [2.24, 2.45) is 0 Å². The first-order chi connectivity index (χ1) is 3.06. The first-order valence-electron chi connectivity index (χ1n) is 1.60. The van der Waals surface area contributed by atoms with Crippen LogP contribution in [0.25, 0.3) is 0 Å². The Morgan fingerprint density at radius 1 is 1.44 bits per heavy atom. The van der Waals surface area contributed by atoms with Crippen LogP contribution >= 0.6 is 0 Å². The van der Waals surface area contributed by atoms with Crippen molar-refractivity contribution in [3.63, 3.8) is 0 Å². The predicted octanol–water partition coefficient (Wildman–Crippen LogP) is -5.12. The van der Waals surface area contributed by atoms with Gasteiger partial charge in [-0.25, -0.2) is 8.42 Å². The molecule has 0 aromatic heterocycles. The van der Waals surface area contributed by atoms with Gasteiger partial charge in [0.15, 0.2) is 0 Å². The molecule has 0 spiro atoms. The molecule has 4 nitrogen and oxygen atoms in total. The molecule has 46 valence electrons. The number of rotatable bonds is 2. The average molecular weight is 172 g/mol. The molecule has 0 aromatic rings. The number of hydrogen-bond donors (Lipinski definition) is 1. The van der Waals surface area contributed by atoms with E-state index in [4.69, 9.17) is 5.11 Å². The minimum absolute atomic E-state index is 0. The third-order valence-electron chi connectivity index (χ3n) is 0.341. The van der Waals surface area contributed by atoms with Crippen LogP contribution in [0, 0.1) is 0 Å². The molecular formula is C2H6Na2O4S. The molecule has 7 heteroatoms. The van der Waals surface area contributed by atoms with Gasteiger partial charge in [-0.2, -0.15) is 0 Å². The molecule has 0 saturated heterocycles. The monoisotopic (exact) mass is 172 g/mol. The zero-order valence-electron chi connectivity index (χ0n) is 4.49. The Kier molecular flexibility index (Phi) is 15.1. The number of hydrogen-bond acceptors (Lipinski definition) is 4. The van der Waals surface area contributed by atoms with Crippen LogP contribution in [0.1, 0.15) is 0 Å². The van der Waals surface area contributed by atoms with E-state index in [0.717, 1.165) is 0 Å². The summed E-state index contributed by atoms with van der Waals surface area (Å²) in [5.41, 5.74) is 0. The standard InChI is InChI=1S/C2H6O4S.2Na.H/c3-1-2-7(4,5)6;;;/h3H,1-2H2,(H,4,5,6);;;/q;;+1;/p-1. The van der Waals surface area contributed by atoms with E-state index in [1.807, 2.05) is 0 Å². The molecule has 0 aromatic carbocycles. The second-order valence-electron chi connectivity index (χ2n) is 0.985. The Bertz CT molecular complexity index is 130. The second-order valence-corrected chi connectivity index (χ2v) is 2.51. The Morgan fingerprint density at radius 2 is 1.78 bits per heavy atom. The Morgan fingerprint density at radius 3 is 1.78 bits per heavy atom. The van der Waals surface area contributed by atoms with Crippen LogP contribution in [0.4, 0.5) is 0 Å². The molecule has 0 radical (unpaired) electrons. The fourth-order valence-electron chi connectivity index (χ4n) is 0.112. The molecule has 0 amide bonds. The molecule has 0 aliphatic carbocycles. The Balaban J connectivity index is -0.000000180. The van der Waals surface area contributed by atoms with Gasteiger partial charge in [-0.3, -0.25) is 0 Å². The van der Waals surface area contributed by atoms with Gasteiger partial charge in [-0.05, 0) is 0 Å². The molecule has 0 rings (SSSR count). The van der Waals surface area contributed by atoms with E-state index < -0.39 is 22.5 Å². The van der Waals surface area contributed by atoms with Crippen LogP contribution in [-0.4, -0.2) is 60.0 Å². The van der Waals surface area contributed by atoms with Gasteiger partial charge in [-0.1, -0.05) is 0 Å². The molecule has 0 bridgehead atoms. The Hall–Kier alpha value is 1.87. The zero-order chi connectivity index (χ0) is 5.91. The normalized spacial score (nSPS) is 9.11. The molecule has 0 fully saturated rings. The molecular weight excluding hydrogens is 166 g/mol. The summed E-state index contributed by atoms with van der Waals surface area (Å²) in [6.07, 6.45) is 0. The molecule has 0 aliphatic heterocycles. The van der Waals surface area contributed by atoms with Crippen LogP contribution < -0.4 is 29.6 Å². The van der Waals surface area contributed by atoms with Crippen molar-refractivity contribution in [1.29, 1.82) is 0 Å². The van der Waals surface area contributed by atoms with Gasteiger partial charge in [-0.15, -0.1) is 0 Å². The summed E-state index contributed by atoms with van der Waals surface area (Å²) in [5.74, 6) is -0.688. The van der Waals surface area contributed by atoms with Crippen molar-refractivity contribution in [2.45, 2.75) is 0 Å². The van der Waals surface area contributed by atoms with Gasteiger partial charge >= 0.3 is 59.1 Å². The fourth-order valence-corrected chi connectivity index (χ4v) is 0.335. The van der Waals surface area contributed by atoms with Gasteiger partial charge in [0, 0.05) is 0 Å². The van der Waals surface area contributed by atoms with Crippen LogP contribution in [0.5, 0.6) is 0 Å². The fraction of sp³-hybridized carbons (Fsp3) is 1.00. The van der Waals surface area contributed by atoms with Crippen molar-refractivity contribution < 1.29 is 47.6 Å². The first kappa shape index (κ1) is 17.1. The maximum absolute atomic E-state index is 9.52. The van der Waals surface area contributed by atoms with Crippen LogP contribution in [0.15, 0.2) is 0 Å². The number of aliphatic hydroxyl groups excluding tert-OH is 1. The van der Waals surface area contributed by atoms with E-state index in [-0.39, 0.29) is 59.1 Å². The van der Waals surface area contributed by atoms with Crippen LogP contribution in [-0.2, 0) is 10.1 Å². The summed E-state index contributed by atoms with van der Waals surface area (Å²) in [4.78, 5) is 0. The van der Waals surface area contributed by atoms with Crippen LogP contribution in [0.3, 0.4) is 0 Å². The third-order valence-corrected chi connectivity index (χ3v) is 1.02. The Labute approximate surface area is 98.4 Å². The van der Waals surface area contributed by atoms with E-state index in [2.05, 4.69) is 0 Å². The topological polar surface area (TPSA) is 77.4 Å². The first-order valence-corrected chi connectivity index (χ1v) is 3.18. The zero-order valence-corrected chi connectivity index (χ0v) is 7.31. The summed E-state index contributed by atoms with van der Waals surface area (Å²) < 4.78 is 28.5. The van der Waals surface area contributed by atoms with Gasteiger partial charge in [0.05, 0.1) is 22.5 Å².